The predicted molar refractivity (Wildman–Crippen MR) is 107 cm³/mol. The summed E-state index contributed by atoms with van der Waals surface area (Å²) in [5.41, 5.74) is 2.17. The molecule has 1 aromatic carbocycles. The molecule has 0 saturated carbocycles. The number of methoxy groups -OCH3 is 1. The summed E-state index contributed by atoms with van der Waals surface area (Å²) in [6.07, 6.45) is 2.02. The molecule has 3 rings (SSSR count). The number of benzene rings is 1. The molecule has 2 heterocycles. The third-order valence-corrected chi connectivity index (χ3v) is 6.01. The van der Waals surface area contributed by atoms with Crippen LogP contribution in [-0.2, 0) is 11.3 Å². The molecule has 1 fully saturated rings. The minimum atomic E-state index is -0.744. The molecule has 1 saturated heterocycles. The van der Waals surface area contributed by atoms with Crippen molar-refractivity contribution in [3.05, 3.63) is 35.3 Å². The normalized spacial score (nSPS) is 16.0. The Morgan fingerprint density at radius 2 is 2.19 bits per heavy atom. The van der Waals surface area contributed by atoms with E-state index in [1.807, 2.05) is 25.1 Å². The highest BCUT2D eigenvalue weighted by molar-refractivity contribution is 7.13. The molecule has 1 aliphatic rings. The number of ether oxygens (including phenoxy) is 1. The Morgan fingerprint density at radius 3 is 2.85 bits per heavy atom. The number of likely N-dealkylation sites (N-methyl/N-ethyl adjacent to an activating group) is 1. The third kappa shape index (κ3) is 5.28. The van der Waals surface area contributed by atoms with Gasteiger partial charge in [0.1, 0.15) is 10.8 Å². The van der Waals surface area contributed by atoms with Crippen molar-refractivity contribution in [2.45, 2.75) is 32.4 Å². The molecular formula is C20H27N3O3S. The second kappa shape index (κ2) is 9.30. The van der Waals surface area contributed by atoms with Crippen molar-refractivity contribution in [3.8, 4) is 16.3 Å². The molecule has 1 N–H and O–H groups in total. The van der Waals surface area contributed by atoms with Gasteiger partial charge in [0.25, 0.3) is 0 Å². The Morgan fingerprint density at radius 1 is 1.41 bits per heavy atom. The Bertz CT molecular complexity index is 756. The highest BCUT2D eigenvalue weighted by atomic mass is 32.1. The number of rotatable bonds is 8. The number of hydrogen-bond donors (Lipinski definition) is 1. The lowest BCUT2D eigenvalue weighted by atomic mass is 10.0. The molecule has 0 unspecified atom stereocenters. The van der Waals surface area contributed by atoms with Gasteiger partial charge in [-0.15, -0.1) is 11.3 Å². The van der Waals surface area contributed by atoms with Gasteiger partial charge in [0.2, 0.25) is 0 Å². The molecule has 2 aromatic rings. The van der Waals surface area contributed by atoms with Crippen molar-refractivity contribution >= 4 is 17.3 Å². The van der Waals surface area contributed by atoms with Gasteiger partial charge >= 0.3 is 5.97 Å². The van der Waals surface area contributed by atoms with Gasteiger partial charge in [-0.2, -0.15) is 0 Å². The molecular weight excluding hydrogens is 362 g/mol. The minimum absolute atomic E-state index is 0.136. The maximum atomic E-state index is 11.0. The number of aliphatic carboxylic acids is 1. The first-order chi connectivity index (χ1) is 13.1. The molecule has 0 radical (unpaired) electrons. The average molecular weight is 390 g/mol. The number of carbonyl (C=O) groups is 1. The summed E-state index contributed by atoms with van der Waals surface area (Å²) < 4.78 is 5.30. The maximum Gasteiger partial charge on any atom is 0.317 e. The molecule has 1 aliphatic heterocycles. The van der Waals surface area contributed by atoms with E-state index in [1.165, 1.54) is 0 Å². The van der Waals surface area contributed by atoms with Crippen molar-refractivity contribution in [2.24, 2.45) is 0 Å². The fraction of sp³-hybridized carbons (Fsp3) is 0.500. The summed E-state index contributed by atoms with van der Waals surface area (Å²) in [5.74, 6) is 0.0972. The van der Waals surface area contributed by atoms with Gasteiger partial charge in [-0.1, -0.05) is 19.1 Å². The highest BCUT2D eigenvalue weighted by Crippen LogP contribution is 2.27. The number of carboxylic acid groups (broad SMARTS) is 1. The Kier molecular flexibility index (Phi) is 6.82. The first-order valence-corrected chi connectivity index (χ1v) is 10.2. The van der Waals surface area contributed by atoms with Crippen LogP contribution in [0.1, 0.15) is 25.5 Å². The summed E-state index contributed by atoms with van der Waals surface area (Å²) in [5, 5.41) is 12.2. The summed E-state index contributed by atoms with van der Waals surface area (Å²) in [6.45, 7) is 5.76. The molecule has 0 atom stereocenters. The van der Waals surface area contributed by atoms with Crippen LogP contribution in [0.2, 0.25) is 0 Å². The summed E-state index contributed by atoms with van der Waals surface area (Å²) >= 11 is 1.66. The Hall–Kier alpha value is -1.96. The second-order valence-electron chi connectivity index (χ2n) is 6.84. The summed E-state index contributed by atoms with van der Waals surface area (Å²) in [6, 6.07) is 8.35. The maximum absolute atomic E-state index is 11.0. The standard InChI is InChI=1S/C20H27N3O3S/c1-3-23(13-19(24)25)17-7-9-22(10-8-17)12-16-14-27-20(21-16)15-5-4-6-18(11-15)26-2/h4-6,11,14,17H,3,7-10,12-13H2,1-2H3,(H,24,25). The van der Waals surface area contributed by atoms with Gasteiger partial charge in [0.05, 0.1) is 19.3 Å². The zero-order valence-corrected chi connectivity index (χ0v) is 16.7. The van der Waals surface area contributed by atoms with Crippen LogP contribution in [0.3, 0.4) is 0 Å². The molecule has 146 valence electrons. The molecule has 27 heavy (non-hydrogen) atoms. The molecule has 6 nitrogen and oxygen atoms in total. The zero-order chi connectivity index (χ0) is 19.2. The lowest BCUT2D eigenvalue weighted by Crippen LogP contribution is -2.46. The summed E-state index contributed by atoms with van der Waals surface area (Å²) in [4.78, 5) is 20.3. The molecule has 0 aliphatic carbocycles. The van der Waals surface area contributed by atoms with Crippen LogP contribution < -0.4 is 4.74 Å². The van der Waals surface area contributed by atoms with Gasteiger partial charge in [-0.05, 0) is 31.5 Å². The predicted octanol–water partition coefficient (Wildman–Crippen LogP) is 3.19. The van der Waals surface area contributed by atoms with E-state index in [1.54, 1.807) is 18.4 Å². The van der Waals surface area contributed by atoms with E-state index in [9.17, 15) is 4.79 Å². The van der Waals surface area contributed by atoms with Crippen LogP contribution in [0, 0.1) is 0 Å². The van der Waals surface area contributed by atoms with Crippen LogP contribution in [0.15, 0.2) is 29.6 Å². The first-order valence-electron chi connectivity index (χ1n) is 9.36. The molecule has 0 bridgehead atoms. The van der Waals surface area contributed by atoms with Crippen LogP contribution in [0.4, 0.5) is 0 Å². The van der Waals surface area contributed by atoms with Gasteiger partial charge in [-0.3, -0.25) is 14.6 Å². The smallest absolute Gasteiger partial charge is 0.317 e. The number of likely N-dealkylation sites (tertiary alicyclic amines) is 1. The van der Waals surface area contributed by atoms with Gasteiger partial charge in [-0.25, -0.2) is 4.98 Å². The number of hydrogen-bond acceptors (Lipinski definition) is 6. The SMILES string of the molecule is CCN(CC(=O)O)C1CCN(Cc2csc(-c3cccc(OC)c3)n2)CC1. The van der Waals surface area contributed by atoms with Crippen molar-refractivity contribution in [1.29, 1.82) is 0 Å². The van der Waals surface area contributed by atoms with E-state index in [2.05, 4.69) is 21.2 Å². The number of piperidine rings is 1. The van der Waals surface area contributed by atoms with Crippen molar-refractivity contribution < 1.29 is 14.6 Å². The van der Waals surface area contributed by atoms with Crippen LogP contribution in [-0.4, -0.2) is 65.2 Å². The van der Waals surface area contributed by atoms with E-state index >= 15 is 0 Å². The van der Waals surface area contributed by atoms with E-state index in [0.717, 1.165) is 61.0 Å². The molecule has 1 aromatic heterocycles. The van der Waals surface area contributed by atoms with E-state index in [4.69, 9.17) is 14.8 Å². The molecule has 0 spiro atoms. The summed E-state index contributed by atoms with van der Waals surface area (Å²) in [7, 11) is 1.67. The lowest BCUT2D eigenvalue weighted by molar-refractivity contribution is -0.139. The monoisotopic (exact) mass is 389 g/mol. The quantitative estimate of drug-likeness (QED) is 0.748. The lowest BCUT2D eigenvalue weighted by Gasteiger charge is -2.37. The third-order valence-electron chi connectivity index (χ3n) is 5.07. The fourth-order valence-corrected chi connectivity index (χ4v) is 4.42. The van der Waals surface area contributed by atoms with Gasteiger partial charge < -0.3 is 9.84 Å². The van der Waals surface area contributed by atoms with E-state index in [-0.39, 0.29) is 6.54 Å². The number of thiazole rings is 1. The van der Waals surface area contributed by atoms with Crippen molar-refractivity contribution in [3.63, 3.8) is 0 Å². The van der Waals surface area contributed by atoms with E-state index in [0.29, 0.717) is 6.04 Å². The van der Waals surface area contributed by atoms with Crippen molar-refractivity contribution in [2.75, 3.05) is 33.3 Å². The minimum Gasteiger partial charge on any atom is -0.497 e. The topological polar surface area (TPSA) is 65.9 Å². The average Bonchev–Trinajstić information content (AvgIpc) is 3.15. The highest BCUT2D eigenvalue weighted by Gasteiger charge is 2.25. The van der Waals surface area contributed by atoms with Crippen LogP contribution in [0.5, 0.6) is 5.75 Å². The van der Waals surface area contributed by atoms with Crippen molar-refractivity contribution in [1.82, 2.24) is 14.8 Å². The second-order valence-corrected chi connectivity index (χ2v) is 7.70. The fourth-order valence-electron chi connectivity index (χ4n) is 3.61. The largest absolute Gasteiger partial charge is 0.497 e. The number of nitrogens with zero attached hydrogens (tertiary/aromatic N) is 3. The molecule has 0 amide bonds. The van der Waals surface area contributed by atoms with Gasteiger partial charge in [0.15, 0.2) is 0 Å². The Balaban J connectivity index is 1.55. The first kappa shape index (κ1) is 19.8. The molecule has 7 heteroatoms. The van der Waals surface area contributed by atoms with E-state index < -0.39 is 5.97 Å². The zero-order valence-electron chi connectivity index (χ0n) is 15.9. The number of aromatic nitrogens is 1. The van der Waals surface area contributed by atoms with Crippen LogP contribution in [0.25, 0.3) is 10.6 Å². The van der Waals surface area contributed by atoms with Gasteiger partial charge in [0, 0.05) is 36.6 Å². The Labute approximate surface area is 164 Å². The van der Waals surface area contributed by atoms with Crippen LogP contribution >= 0.6 is 11.3 Å². The number of carboxylic acids is 1.